The molecule has 1 fully saturated rings. The Morgan fingerprint density at radius 3 is 2.90 bits per heavy atom. The molecule has 0 aromatic carbocycles. The summed E-state index contributed by atoms with van der Waals surface area (Å²) in [7, 11) is 1.70. The van der Waals surface area contributed by atoms with Crippen LogP contribution in [0.1, 0.15) is 45.6 Å². The number of nitrogens with one attached hydrogen (secondary N) is 1. The molecule has 1 saturated heterocycles. The number of aromatic nitrogens is 1. The summed E-state index contributed by atoms with van der Waals surface area (Å²) >= 11 is 0. The first-order valence-electron chi connectivity index (χ1n) is 7.96. The SMILES string of the molecule is COc1ncccc1CN1CCCCC1CNC(C)(C)C. The van der Waals surface area contributed by atoms with E-state index in [9.17, 15) is 0 Å². The zero-order chi connectivity index (χ0) is 15.3. The van der Waals surface area contributed by atoms with E-state index in [0.29, 0.717) is 6.04 Å². The molecule has 1 aromatic rings. The third-order valence-electron chi connectivity index (χ3n) is 4.03. The number of piperidine rings is 1. The van der Waals surface area contributed by atoms with E-state index in [0.717, 1.165) is 25.5 Å². The van der Waals surface area contributed by atoms with Gasteiger partial charge in [0.2, 0.25) is 5.88 Å². The van der Waals surface area contributed by atoms with Crippen LogP contribution in [-0.4, -0.2) is 41.7 Å². The molecule has 118 valence electrons. The number of hydrogen-bond acceptors (Lipinski definition) is 4. The summed E-state index contributed by atoms with van der Waals surface area (Å²) in [5, 5.41) is 3.65. The predicted molar refractivity (Wildman–Crippen MR) is 86.6 cm³/mol. The van der Waals surface area contributed by atoms with Crippen molar-refractivity contribution in [1.29, 1.82) is 0 Å². The molecule has 21 heavy (non-hydrogen) atoms. The van der Waals surface area contributed by atoms with Gasteiger partial charge in [0.05, 0.1) is 7.11 Å². The summed E-state index contributed by atoms with van der Waals surface area (Å²) in [6.45, 7) is 9.81. The summed E-state index contributed by atoms with van der Waals surface area (Å²) < 4.78 is 5.38. The van der Waals surface area contributed by atoms with Gasteiger partial charge in [-0.2, -0.15) is 0 Å². The maximum atomic E-state index is 5.38. The summed E-state index contributed by atoms with van der Waals surface area (Å²) in [4.78, 5) is 6.88. The average molecular weight is 291 g/mol. The molecule has 1 N–H and O–H groups in total. The van der Waals surface area contributed by atoms with Crippen LogP contribution in [0.15, 0.2) is 18.3 Å². The Morgan fingerprint density at radius 2 is 2.19 bits per heavy atom. The predicted octanol–water partition coefficient (Wildman–Crippen LogP) is 2.83. The third-order valence-corrected chi connectivity index (χ3v) is 4.03. The monoisotopic (exact) mass is 291 g/mol. The normalized spacial score (nSPS) is 20.5. The Balaban J connectivity index is 2.01. The first-order valence-corrected chi connectivity index (χ1v) is 7.96. The fourth-order valence-corrected chi connectivity index (χ4v) is 2.87. The number of nitrogens with zero attached hydrogens (tertiary/aromatic N) is 2. The molecular weight excluding hydrogens is 262 g/mol. The van der Waals surface area contributed by atoms with Crippen molar-refractivity contribution in [3.63, 3.8) is 0 Å². The largest absolute Gasteiger partial charge is 0.481 e. The van der Waals surface area contributed by atoms with Crippen molar-refractivity contribution >= 4 is 0 Å². The van der Waals surface area contributed by atoms with E-state index in [1.54, 1.807) is 13.3 Å². The lowest BCUT2D eigenvalue weighted by atomic mass is 9.99. The van der Waals surface area contributed by atoms with Crippen LogP contribution in [0.2, 0.25) is 0 Å². The molecule has 4 nitrogen and oxygen atoms in total. The van der Waals surface area contributed by atoms with E-state index in [1.165, 1.54) is 24.8 Å². The van der Waals surface area contributed by atoms with Crippen molar-refractivity contribution < 1.29 is 4.74 Å². The maximum absolute atomic E-state index is 5.38. The van der Waals surface area contributed by atoms with E-state index in [-0.39, 0.29) is 5.54 Å². The highest BCUT2D eigenvalue weighted by molar-refractivity contribution is 5.25. The Hall–Kier alpha value is -1.13. The molecule has 1 atom stereocenters. The molecule has 2 heterocycles. The second-order valence-electron chi connectivity index (χ2n) is 6.92. The lowest BCUT2D eigenvalue weighted by Gasteiger charge is -2.37. The minimum atomic E-state index is 0.176. The molecule has 1 aromatic heterocycles. The molecule has 4 heteroatoms. The third kappa shape index (κ3) is 4.97. The quantitative estimate of drug-likeness (QED) is 0.905. The Morgan fingerprint density at radius 1 is 1.38 bits per heavy atom. The van der Waals surface area contributed by atoms with Gasteiger partial charge in [-0.1, -0.05) is 12.5 Å². The zero-order valence-electron chi connectivity index (χ0n) is 13.9. The Labute approximate surface area is 128 Å². The number of hydrogen-bond donors (Lipinski definition) is 1. The van der Waals surface area contributed by atoms with Gasteiger partial charge < -0.3 is 10.1 Å². The van der Waals surface area contributed by atoms with Crippen molar-refractivity contribution in [3.8, 4) is 5.88 Å². The molecule has 0 spiro atoms. The fraction of sp³-hybridized carbons (Fsp3) is 0.706. The van der Waals surface area contributed by atoms with Crippen LogP contribution in [0, 0.1) is 0 Å². The number of rotatable bonds is 5. The molecular formula is C17H29N3O. The lowest BCUT2D eigenvalue weighted by Crippen LogP contribution is -2.49. The first kappa shape index (κ1) is 16.2. The number of pyridine rings is 1. The molecule has 0 amide bonds. The Kier molecular flexibility index (Phi) is 5.59. The summed E-state index contributed by atoms with van der Waals surface area (Å²) in [6, 6.07) is 4.71. The maximum Gasteiger partial charge on any atom is 0.217 e. The fourth-order valence-electron chi connectivity index (χ4n) is 2.87. The van der Waals surface area contributed by atoms with Gasteiger partial charge in [0.1, 0.15) is 0 Å². The van der Waals surface area contributed by atoms with Crippen molar-refractivity contribution in [1.82, 2.24) is 15.2 Å². The van der Waals surface area contributed by atoms with Crippen molar-refractivity contribution in [2.45, 2.75) is 58.2 Å². The molecule has 1 unspecified atom stereocenters. The van der Waals surface area contributed by atoms with E-state index >= 15 is 0 Å². The second kappa shape index (κ2) is 7.23. The summed E-state index contributed by atoms with van der Waals surface area (Å²) in [5.41, 5.74) is 1.36. The minimum absolute atomic E-state index is 0.176. The van der Waals surface area contributed by atoms with Crippen LogP contribution in [0.25, 0.3) is 0 Å². The van der Waals surface area contributed by atoms with Gasteiger partial charge in [0.25, 0.3) is 0 Å². The van der Waals surface area contributed by atoms with Gasteiger partial charge in [-0.25, -0.2) is 4.98 Å². The topological polar surface area (TPSA) is 37.4 Å². The van der Waals surface area contributed by atoms with Crippen LogP contribution >= 0.6 is 0 Å². The average Bonchev–Trinajstić information content (AvgIpc) is 2.46. The smallest absolute Gasteiger partial charge is 0.217 e. The molecule has 0 bridgehead atoms. The van der Waals surface area contributed by atoms with Gasteiger partial charge in [0.15, 0.2) is 0 Å². The lowest BCUT2D eigenvalue weighted by molar-refractivity contribution is 0.129. The van der Waals surface area contributed by atoms with Gasteiger partial charge in [-0.15, -0.1) is 0 Å². The second-order valence-corrected chi connectivity index (χ2v) is 6.92. The van der Waals surface area contributed by atoms with Crippen molar-refractivity contribution in [2.75, 3.05) is 20.2 Å². The van der Waals surface area contributed by atoms with Gasteiger partial charge in [0, 0.05) is 36.4 Å². The van der Waals surface area contributed by atoms with E-state index in [1.807, 2.05) is 6.07 Å². The van der Waals surface area contributed by atoms with Crippen molar-refractivity contribution in [3.05, 3.63) is 23.9 Å². The highest BCUT2D eigenvalue weighted by Gasteiger charge is 2.24. The Bertz CT molecular complexity index is 442. The standard InChI is InChI=1S/C17H29N3O/c1-17(2,3)19-12-15-9-5-6-11-20(15)13-14-8-7-10-18-16(14)21-4/h7-8,10,15,19H,5-6,9,11-13H2,1-4H3. The van der Waals surface area contributed by atoms with E-state index in [4.69, 9.17) is 4.74 Å². The zero-order valence-corrected chi connectivity index (χ0v) is 13.9. The number of ether oxygens (including phenoxy) is 1. The summed E-state index contributed by atoms with van der Waals surface area (Å²) in [5.74, 6) is 0.755. The molecule has 0 saturated carbocycles. The van der Waals surface area contributed by atoms with Crippen molar-refractivity contribution in [2.24, 2.45) is 0 Å². The van der Waals surface area contributed by atoms with Gasteiger partial charge in [-0.3, -0.25) is 4.90 Å². The van der Waals surface area contributed by atoms with Crippen LogP contribution in [0.3, 0.4) is 0 Å². The minimum Gasteiger partial charge on any atom is -0.481 e. The van der Waals surface area contributed by atoms with E-state index in [2.05, 4.69) is 42.0 Å². The van der Waals surface area contributed by atoms with Crippen LogP contribution in [-0.2, 0) is 6.54 Å². The highest BCUT2D eigenvalue weighted by Crippen LogP contribution is 2.23. The van der Waals surface area contributed by atoms with E-state index < -0.39 is 0 Å². The van der Waals surface area contributed by atoms with Crippen LogP contribution < -0.4 is 10.1 Å². The molecule has 1 aliphatic heterocycles. The molecule has 2 rings (SSSR count). The van der Waals surface area contributed by atoms with Crippen LogP contribution in [0.5, 0.6) is 5.88 Å². The van der Waals surface area contributed by atoms with Crippen LogP contribution in [0.4, 0.5) is 0 Å². The molecule has 1 aliphatic rings. The molecule has 0 radical (unpaired) electrons. The number of likely N-dealkylation sites (tertiary alicyclic amines) is 1. The molecule has 0 aliphatic carbocycles. The van der Waals surface area contributed by atoms with Gasteiger partial charge >= 0.3 is 0 Å². The number of methoxy groups -OCH3 is 1. The van der Waals surface area contributed by atoms with Gasteiger partial charge in [-0.05, 0) is 46.2 Å². The first-order chi connectivity index (χ1) is 9.99. The summed E-state index contributed by atoms with van der Waals surface area (Å²) in [6.07, 6.45) is 5.68. The highest BCUT2D eigenvalue weighted by atomic mass is 16.5.